The van der Waals surface area contributed by atoms with Crippen molar-refractivity contribution in [1.82, 2.24) is 5.32 Å². The van der Waals surface area contributed by atoms with E-state index in [1.54, 1.807) is 0 Å². The highest BCUT2D eigenvalue weighted by Crippen LogP contribution is 2.22. The zero-order chi connectivity index (χ0) is 14.3. The monoisotopic (exact) mass is 277 g/mol. The zero-order valence-electron chi connectivity index (χ0n) is 11.8. The van der Waals surface area contributed by atoms with Gasteiger partial charge in [0, 0.05) is 6.61 Å². The van der Waals surface area contributed by atoms with E-state index in [1.165, 1.54) is 0 Å². The van der Waals surface area contributed by atoms with Gasteiger partial charge in [0.15, 0.2) is 6.29 Å². The molecule has 0 amide bonds. The van der Waals surface area contributed by atoms with E-state index < -0.39 is 30.6 Å². The molecule has 0 spiro atoms. The molecule has 5 atom stereocenters. The van der Waals surface area contributed by atoms with Crippen molar-refractivity contribution in [3.8, 4) is 0 Å². The number of aliphatic hydroxyl groups excluding tert-OH is 3. The van der Waals surface area contributed by atoms with Gasteiger partial charge >= 0.3 is 0 Å². The maximum Gasteiger partial charge on any atom is 0.175 e. The number of hydrogen-bond acceptors (Lipinski definition) is 6. The topological polar surface area (TPSA) is 91.2 Å². The molecule has 1 aliphatic heterocycles. The molecule has 0 saturated carbocycles. The van der Waals surface area contributed by atoms with Crippen LogP contribution >= 0.6 is 0 Å². The number of rotatable bonds is 8. The number of likely N-dealkylation sites (N-methyl/N-ethyl adjacent to an activating group) is 1. The van der Waals surface area contributed by atoms with Crippen LogP contribution in [-0.4, -0.2) is 65.7 Å². The van der Waals surface area contributed by atoms with Crippen molar-refractivity contribution in [2.24, 2.45) is 0 Å². The Balaban J connectivity index is 2.56. The molecule has 0 bridgehead atoms. The van der Waals surface area contributed by atoms with Gasteiger partial charge in [-0.15, -0.1) is 0 Å². The van der Waals surface area contributed by atoms with Crippen LogP contribution in [0.1, 0.15) is 33.1 Å². The first-order valence-corrected chi connectivity index (χ1v) is 7.13. The summed E-state index contributed by atoms with van der Waals surface area (Å²) in [7, 11) is 0. The van der Waals surface area contributed by atoms with Gasteiger partial charge in [-0.05, 0) is 13.0 Å². The first-order chi connectivity index (χ1) is 9.15. The minimum atomic E-state index is -1.11. The standard InChI is InChI=1S/C13H27NO5/c1-3-5-6-7-18-13-10(14-4-2)12(17)11(16)9(8-15)19-13/h9-17H,3-8H2,1-2H3/t9-,10+,11-,12-,13?/m1/s1. The molecule has 0 aliphatic carbocycles. The Bertz CT molecular complexity index is 241. The van der Waals surface area contributed by atoms with E-state index in [1.807, 2.05) is 6.92 Å². The molecule has 1 saturated heterocycles. The number of aliphatic hydroxyl groups is 3. The molecule has 6 nitrogen and oxygen atoms in total. The minimum Gasteiger partial charge on any atom is -0.394 e. The normalized spacial score (nSPS) is 35.5. The van der Waals surface area contributed by atoms with Gasteiger partial charge in [-0.2, -0.15) is 0 Å². The Hall–Kier alpha value is -0.240. The first-order valence-electron chi connectivity index (χ1n) is 7.13. The number of unbranched alkanes of at least 4 members (excludes halogenated alkanes) is 2. The van der Waals surface area contributed by atoms with Gasteiger partial charge < -0.3 is 30.1 Å². The van der Waals surface area contributed by atoms with E-state index >= 15 is 0 Å². The van der Waals surface area contributed by atoms with Crippen LogP contribution in [0.5, 0.6) is 0 Å². The van der Waals surface area contributed by atoms with Crippen LogP contribution in [0, 0.1) is 0 Å². The Kier molecular flexibility index (Phi) is 7.82. The molecule has 1 unspecified atom stereocenters. The highest BCUT2D eigenvalue weighted by atomic mass is 16.7. The molecule has 1 heterocycles. The molecular weight excluding hydrogens is 250 g/mol. The Morgan fingerprint density at radius 2 is 1.89 bits per heavy atom. The second-order valence-corrected chi connectivity index (χ2v) is 4.87. The fraction of sp³-hybridized carbons (Fsp3) is 1.00. The third-order valence-corrected chi connectivity index (χ3v) is 3.35. The Morgan fingerprint density at radius 3 is 2.47 bits per heavy atom. The third-order valence-electron chi connectivity index (χ3n) is 3.35. The van der Waals surface area contributed by atoms with E-state index in [0.29, 0.717) is 13.2 Å². The average molecular weight is 277 g/mol. The highest BCUT2D eigenvalue weighted by Gasteiger charge is 2.44. The Morgan fingerprint density at radius 1 is 1.16 bits per heavy atom. The summed E-state index contributed by atoms with van der Waals surface area (Å²) in [5, 5.41) is 32.1. The third kappa shape index (κ3) is 4.66. The van der Waals surface area contributed by atoms with Crippen LogP contribution in [-0.2, 0) is 9.47 Å². The molecule has 0 aromatic carbocycles. The molecule has 0 aromatic heterocycles. The second kappa shape index (κ2) is 8.84. The van der Waals surface area contributed by atoms with Crippen LogP contribution in [0.3, 0.4) is 0 Å². The molecule has 1 fully saturated rings. The van der Waals surface area contributed by atoms with Crippen LogP contribution in [0.25, 0.3) is 0 Å². The van der Waals surface area contributed by atoms with E-state index in [-0.39, 0.29) is 6.61 Å². The lowest BCUT2D eigenvalue weighted by Crippen LogP contribution is -2.63. The smallest absolute Gasteiger partial charge is 0.175 e. The van der Waals surface area contributed by atoms with Gasteiger partial charge in [0.05, 0.1) is 12.6 Å². The molecule has 1 rings (SSSR count). The summed E-state index contributed by atoms with van der Waals surface area (Å²) in [5.74, 6) is 0. The van der Waals surface area contributed by atoms with Crippen LogP contribution in [0.15, 0.2) is 0 Å². The van der Waals surface area contributed by atoms with Crippen molar-refractivity contribution in [3.63, 3.8) is 0 Å². The van der Waals surface area contributed by atoms with Crippen LogP contribution in [0.4, 0.5) is 0 Å². The number of hydrogen-bond donors (Lipinski definition) is 4. The minimum absolute atomic E-state index is 0.341. The van der Waals surface area contributed by atoms with Gasteiger partial charge in [0.1, 0.15) is 18.3 Å². The van der Waals surface area contributed by atoms with E-state index in [2.05, 4.69) is 12.2 Å². The van der Waals surface area contributed by atoms with Crippen molar-refractivity contribution in [1.29, 1.82) is 0 Å². The molecule has 1 aliphatic rings. The van der Waals surface area contributed by atoms with Crippen molar-refractivity contribution >= 4 is 0 Å². The van der Waals surface area contributed by atoms with Gasteiger partial charge in [0.25, 0.3) is 0 Å². The van der Waals surface area contributed by atoms with E-state index in [9.17, 15) is 10.2 Å². The molecule has 114 valence electrons. The summed E-state index contributed by atoms with van der Waals surface area (Å²) in [5.41, 5.74) is 0. The second-order valence-electron chi connectivity index (χ2n) is 4.87. The van der Waals surface area contributed by atoms with Crippen LogP contribution < -0.4 is 5.32 Å². The van der Waals surface area contributed by atoms with Crippen molar-refractivity contribution in [2.75, 3.05) is 19.8 Å². The maximum atomic E-state index is 10.1. The summed E-state index contributed by atoms with van der Waals surface area (Å²) in [6, 6.07) is -0.482. The lowest BCUT2D eigenvalue weighted by Gasteiger charge is -2.42. The summed E-state index contributed by atoms with van der Waals surface area (Å²) in [6.07, 6.45) is -0.461. The average Bonchev–Trinajstić information content (AvgIpc) is 2.42. The van der Waals surface area contributed by atoms with Gasteiger partial charge in [-0.1, -0.05) is 26.7 Å². The van der Waals surface area contributed by atoms with Gasteiger partial charge in [0.2, 0.25) is 0 Å². The lowest BCUT2D eigenvalue weighted by atomic mass is 9.97. The van der Waals surface area contributed by atoms with Crippen molar-refractivity contribution in [3.05, 3.63) is 0 Å². The van der Waals surface area contributed by atoms with Crippen LogP contribution in [0.2, 0.25) is 0 Å². The largest absolute Gasteiger partial charge is 0.394 e. The van der Waals surface area contributed by atoms with E-state index in [4.69, 9.17) is 14.6 Å². The predicted octanol–water partition coefficient (Wildman–Crippen LogP) is -0.390. The molecule has 0 aromatic rings. The quantitative estimate of drug-likeness (QED) is 0.452. The SMILES string of the molecule is CCCCCOC1O[C@H](CO)[C@@H](O)[C@H](O)[C@@H]1NCC. The van der Waals surface area contributed by atoms with Gasteiger partial charge in [-0.25, -0.2) is 0 Å². The predicted molar refractivity (Wildman–Crippen MR) is 70.7 cm³/mol. The summed E-state index contributed by atoms with van der Waals surface area (Å²) < 4.78 is 11.2. The number of ether oxygens (including phenoxy) is 2. The van der Waals surface area contributed by atoms with Crippen molar-refractivity contribution < 1.29 is 24.8 Å². The summed E-state index contributed by atoms with van der Waals surface area (Å²) in [4.78, 5) is 0. The van der Waals surface area contributed by atoms with Crippen molar-refractivity contribution in [2.45, 2.75) is 63.8 Å². The first kappa shape index (κ1) is 16.8. The molecule has 19 heavy (non-hydrogen) atoms. The highest BCUT2D eigenvalue weighted by molar-refractivity contribution is 4.93. The van der Waals surface area contributed by atoms with Gasteiger partial charge in [-0.3, -0.25) is 0 Å². The fourth-order valence-corrected chi connectivity index (χ4v) is 2.23. The lowest BCUT2D eigenvalue weighted by molar-refractivity contribution is -0.270. The molecule has 4 N–H and O–H groups in total. The Labute approximate surface area is 114 Å². The molecular formula is C13H27NO5. The number of nitrogens with one attached hydrogen (secondary N) is 1. The summed E-state index contributed by atoms with van der Waals surface area (Å²) in [6.45, 7) is 4.86. The zero-order valence-corrected chi connectivity index (χ0v) is 11.8. The fourth-order valence-electron chi connectivity index (χ4n) is 2.23. The maximum absolute atomic E-state index is 10.1. The van der Waals surface area contributed by atoms with E-state index in [0.717, 1.165) is 19.3 Å². The molecule has 6 heteroatoms. The molecule has 0 radical (unpaired) electrons. The summed E-state index contributed by atoms with van der Waals surface area (Å²) >= 11 is 0.